The minimum absolute atomic E-state index is 0.490. The quantitative estimate of drug-likeness (QED) is 0.584. The van der Waals surface area contributed by atoms with Crippen molar-refractivity contribution in [2.24, 2.45) is 29.1 Å². The third kappa shape index (κ3) is 3.00. The molecule has 0 nitrogen and oxygen atoms in total. The summed E-state index contributed by atoms with van der Waals surface area (Å²) in [5, 5.41) is 0. The summed E-state index contributed by atoms with van der Waals surface area (Å²) in [6, 6.07) is 0. The van der Waals surface area contributed by atoms with E-state index in [1.54, 1.807) is 0 Å². The average Bonchev–Trinajstić information content (AvgIpc) is 2.00. The SMILES string of the molecule is CC(C)CC(C)C(C)(C(C)C)C(C)C. The van der Waals surface area contributed by atoms with E-state index in [0.717, 1.165) is 23.7 Å². The maximum atomic E-state index is 2.47. The Hall–Kier alpha value is 0. The molecule has 0 aromatic rings. The van der Waals surface area contributed by atoms with Gasteiger partial charge in [-0.15, -0.1) is 0 Å². The van der Waals surface area contributed by atoms with Crippen molar-refractivity contribution in [2.45, 2.75) is 61.8 Å². The van der Waals surface area contributed by atoms with Crippen molar-refractivity contribution >= 4 is 0 Å². The molecule has 0 rings (SSSR count). The Morgan fingerprint density at radius 2 is 1.14 bits per heavy atom. The van der Waals surface area contributed by atoms with Crippen LogP contribution in [-0.4, -0.2) is 0 Å². The molecule has 0 amide bonds. The molecule has 0 saturated heterocycles. The second kappa shape index (κ2) is 5.19. The lowest BCUT2D eigenvalue weighted by molar-refractivity contribution is 0.0506. The van der Waals surface area contributed by atoms with Gasteiger partial charge in [0.1, 0.15) is 0 Å². The van der Waals surface area contributed by atoms with Crippen molar-refractivity contribution in [1.29, 1.82) is 0 Å². The number of rotatable bonds is 5. The van der Waals surface area contributed by atoms with Crippen LogP contribution in [-0.2, 0) is 0 Å². The molecule has 86 valence electrons. The first-order valence-corrected chi connectivity index (χ1v) is 6.22. The van der Waals surface area contributed by atoms with Crippen LogP contribution in [0.3, 0.4) is 0 Å². The Kier molecular flexibility index (Phi) is 5.19. The third-order valence-corrected chi connectivity index (χ3v) is 4.37. The molecule has 0 aliphatic heterocycles. The Bertz CT molecular complexity index is 145. The van der Waals surface area contributed by atoms with Gasteiger partial charge in [0.15, 0.2) is 0 Å². The summed E-state index contributed by atoms with van der Waals surface area (Å²) in [6.45, 7) is 19.0. The average molecular weight is 198 g/mol. The van der Waals surface area contributed by atoms with Crippen molar-refractivity contribution in [2.75, 3.05) is 0 Å². The second-order valence-corrected chi connectivity index (χ2v) is 6.21. The van der Waals surface area contributed by atoms with E-state index in [4.69, 9.17) is 0 Å². The third-order valence-electron chi connectivity index (χ3n) is 4.37. The summed E-state index contributed by atoms with van der Waals surface area (Å²) < 4.78 is 0. The zero-order valence-electron chi connectivity index (χ0n) is 11.5. The van der Waals surface area contributed by atoms with Crippen molar-refractivity contribution in [3.8, 4) is 0 Å². The maximum Gasteiger partial charge on any atom is -0.0254 e. The molecule has 0 fully saturated rings. The van der Waals surface area contributed by atoms with E-state index in [2.05, 4.69) is 55.4 Å². The fourth-order valence-electron chi connectivity index (χ4n) is 2.77. The second-order valence-electron chi connectivity index (χ2n) is 6.21. The van der Waals surface area contributed by atoms with E-state index in [1.807, 2.05) is 0 Å². The topological polar surface area (TPSA) is 0 Å². The van der Waals surface area contributed by atoms with Crippen molar-refractivity contribution in [1.82, 2.24) is 0 Å². The van der Waals surface area contributed by atoms with Crippen molar-refractivity contribution in [3.63, 3.8) is 0 Å². The van der Waals surface area contributed by atoms with Gasteiger partial charge >= 0.3 is 0 Å². The molecule has 1 atom stereocenters. The molecule has 0 heteroatoms. The predicted octanol–water partition coefficient (Wildman–Crippen LogP) is 4.99. The highest BCUT2D eigenvalue weighted by Crippen LogP contribution is 2.44. The monoisotopic (exact) mass is 198 g/mol. The minimum Gasteiger partial charge on any atom is -0.0628 e. The van der Waals surface area contributed by atoms with E-state index in [0.29, 0.717) is 5.41 Å². The maximum absolute atomic E-state index is 2.47. The van der Waals surface area contributed by atoms with Gasteiger partial charge in [-0.3, -0.25) is 0 Å². The van der Waals surface area contributed by atoms with E-state index >= 15 is 0 Å². The smallest absolute Gasteiger partial charge is 0.0254 e. The number of hydrogen-bond acceptors (Lipinski definition) is 0. The summed E-state index contributed by atoms with van der Waals surface area (Å²) in [5.41, 5.74) is 0.490. The molecular weight excluding hydrogens is 168 g/mol. The molecule has 14 heavy (non-hydrogen) atoms. The van der Waals surface area contributed by atoms with Crippen LogP contribution in [0.4, 0.5) is 0 Å². The predicted molar refractivity (Wildman–Crippen MR) is 66.4 cm³/mol. The van der Waals surface area contributed by atoms with Gasteiger partial charge in [-0.2, -0.15) is 0 Å². The molecule has 0 bridgehead atoms. The van der Waals surface area contributed by atoms with Crippen LogP contribution < -0.4 is 0 Å². The lowest BCUT2D eigenvalue weighted by Crippen LogP contribution is -2.37. The van der Waals surface area contributed by atoms with Crippen LogP contribution in [0.2, 0.25) is 0 Å². The molecular formula is C14H30. The van der Waals surface area contributed by atoms with E-state index in [1.165, 1.54) is 6.42 Å². The molecule has 0 N–H and O–H groups in total. The minimum atomic E-state index is 0.490. The highest BCUT2D eigenvalue weighted by atomic mass is 14.4. The molecule has 0 aliphatic rings. The van der Waals surface area contributed by atoms with Crippen molar-refractivity contribution < 1.29 is 0 Å². The highest BCUT2D eigenvalue weighted by molar-refractivity contribution is 4.86. The normalized spacial score (nSPS) is 15.6. The van der Waals surface area contributed by atoms with E-state index in [9.17, 15) is 0 Å². The van der Waals surface area contributed by atoms with Gasteiger partial charge < -0.3 is 0 Å². The summed E-state index contributed by atoms with van der Waals surface area (Å²) in [4.78, 5) is 0. The standard InChI is InChI=1S/C14H30/c1-10(2)9-13(7)14(8,11(3)4)12(5)6/h10-13H,9H2,1-8H3. The Balaban J connectivity index is 4.65. The fourth-order valence-corrected chi connectivity index (χ4v) is 2.77. The van der Waals surface area contributed by atoms with Crippen LogP contribution in [0.25, 0.3) is 0 Å². The van der Waals surface area contributed by atoms with E-state index in [-0.39, 0.29) is 0 Å². The van der Waals surface area contributed by atoms with Gasteiger partial charge in [0, 0.05) is 0 Å². The first-order valence-electron chi connectivity index (χ1n) is 6.22. The van der Waals surface area contributed by atoms with Gasteiger partial charge in [-0.05, 0) is 35.5 Å². The fraction of sp³-hybridized carbons (Fsp3) is 1.00. The largest absolute Gasteiger partial charge is 0.0628 e. The van der Waals surface area contributed by atoms with Gasteiger partial charge in [0.25, 0.3) is 0 Å². The Morgan fingerprint density at radius 3 is 1.36 bits per heavy atom. The zero-order valence-corrected chi connectivity index (χ0v) is 11.5. The summed E-state index contributed by atoms with van der Waals surface area (Å²) in [7, 11) is 0. The lowest BCUT2D eigenvalue weighted by atomic mass is 9.61. The van der Waals surface area contributed by atoms with Crippen LogP contribution in [0.15, 0.2) is 0 Å². The van der Waals surface area contributed by atoms with Gasteiger partial charge in [-0.1, -0.05) is 55.4 Å². The van der Waals surface area contributed by atoms with Crippen molar-refractivity contribution in [3.05, 3.63) is 0 Å². The van der Waals surface area contributed by atoms with E-state index < -0.39 is 0 Å². The van der Waals surface area contributed by atoms with Gasteiger partial charge in [-0.25, -0.2) is 0 Å². The molecule has 0 aliphatic carbocycles. The van der Waals surface area contributed by atoms with Gasteiger partial charge in [0.05, 0.1) is 0 Å². The highest BCUT2D eigenvalue weighted by Gasteiger charge is 2.37. The van der Waals surface area contributed by atoms with Crippen LogP contribution >= 0.6 is 0 Å². The van der Waals surface area contributed by atoms with Gasteiger partial charge in [0.2, 0.25) is 0 Å². The van der Waals surface area contributed by atoms with Crippen LogP contribution in [0.1, 0.15) is 61.8 Å². The molecule has 1 unspecified atom stereocenters. The summed E-state index contributed by atoms with van der Waals surface area (Å²) in [5.74, 6) is 3.19. The lowest BCUT2D eigenvalue weighted by Gasteiger charge is -2.44. The zero-order chi connectivity index (χ0) is 11.5. The Labute approximate surface area is 91.5 Å². The molecule has 0 aromatic carbocycles. The molecule has 0 saturated carbocycles. The van der Waals surface area contributed by atoms with Crippen LogP contribution in [0, 0.1) is 29.1 Å². The Morgan fingerprint density at radius 1 is 0.786 bits per heavy atom. The first kappa shape index (κ1) is 14.0. The molecule has 0 radical (unpaired) electrons. The number of hydrogen-bond donors (Lipinski definition) is 0. The van der Waals surface area contributed by atoms with Crippen LogP contribution in [0.5, 0.6) is 0 Å². The summed E-state index contributed by atoms with van der Waals surface area (Å²) in [6.07, 6.45) is 1.35. The first-order chi connectivity index (χ1) is 6.22. The molecule has 0 heterocycles. The summed E-state index contributed by atoms with van der Waals surface area (Å²) >= 11 is 0. The molecule has 0 spiro atoms. The molecule has 0 aromatic heterocycles.